The van der Waals surface area contributed by atoms with Gasteiger partial charge in [-0.25, -0.2) is 4.98 Å². The summed E-state index contributed by atoms with van der Waals surface area (Å²) in [6, 6.07) is 9.38. The number of nitrogens with one attached hydrogen (secondary N) is 1. The smallest absolute Gasteiger partial charge is 0.107 e. The number of hydrogen-bond acceptors (Lipinski definition) is 4. The first kappa shape index (κ1) is 15.6. The number of rotatable bonds is 4. The van der Waals surface area contributed by atoms with Gasteiger partial charge in [-0.3, -0.25) is 0 Å². The largest absolute Gasteiger partial charge is 0.308 e. The fraction of sp³-hybridized carbons (Fsp3) is 0.500. The van der Waals surface area contributed by atoms with Crippen molar-refractivity contribution in [2.45, 2.75) is 44.3 Å². The van der Waals surface area contributed by atoms with Crippen molar-refractivity contribution < 1.29 is 0 Å². The van der Waals surface area contributed by atoms with Gasteiger partial charge in [-0.2, -0.15) is 0 Å². The van der Waals surface area contributed by atoms with E-state index in [1.165, 1.54) is 43.8 Å². The van der Waals surface area contributed by atoms with E-state index in [1.54, 1.807) is 11.3 Å². The summed E-state index contributed by atoms with van der Waals surface area (Å²) in [6.45, 7) is 3.46. The highest BCUT2D eigenvalue weighted by Gasteiger charge is 2.31. The minimum atomic E-state index is 0.650. The molecule has 0 spiro atoms. The van der Waals surface area contributed by atoms with Crippen LogP contribution in [-0.4, -0.2) is 35.1 Å². The predicted octanol–water partition coefficient (Wildman–Crippen LogP) is 4.18. The molecule has 0 aliphatic carbocycles. The normalized spacial score (nSPS) is 24.7. The van der Waals surface area contributed by atoms with Gasteiger partial charge in [0.25, 0.3) is 0 Å². The van der Waals surface area contributed by atoms with Crippen LogP contribution in [0.2, 0.25) is 5.02 Å². The molecule has 5 heteroatoms. The number of piperidine rings is 1. The number of benzene rings is 1. The Balaban J connectivity index is 1.34. The lowest BCUT2D eigenvalue weighted by atomic mass is 9.98. The highest BCUT2D eigenvalue weighted by molar-refractivity contribution is 7.09. The zero-order valence-corrected chi connectivity index (χ0v) is 14.7. The molecule has 2 aliphatic rings. The molecule has 2 fully saturated rings. The van der Waals surface area contributed by atoms with Gasteiger partial charge in [-0.05, 0) is 50.9 Å². The topological polar surface area (TPSA) is 28.2 Å². The molecule has 122 valence electrons. The van der Waals surface area contributed by atoms with Crippen LogP contribution in [0.25, 0.3) is 11.3 Å². The van der Waals surface area contributed by atoms with Gasteiger partial charge in [0.2, 0.25) is 0 Å². The summed E-state index contributed by atoms with van der Waals surface area (Å²) in [6.07, 6.45) is 5.34. The van der Waals surface area contributed by atoms with Crippen molar-refractivity contribution in [2.24, 2.45) is 0 Å². The third-order valence-corrected chi connectivity index (χ3v) is 6.15. The third-order valence-electron chi connectivity index (χ3n) is 5.05. The van der Waals surface area contributed by atoms with Gasteiger partial charge in [-0.15, -0.1) is 11.3 Å². The molecule has 3 heterocycles. The lowest BCUT2D eigenvalue weighted by Crippen LogP contribution is -2.45. The van der Waals surface area contributed by atoms with Crippen molar-refractivity contribution in [3.8, 4) is 11.3 Å². The standard InChI is InChI=1S/C18H22ClN3S/c19-14-5-3-13(4-6-14)17-12-23-18(21-17)11-20-15-7-9-22-8-1-2-16(22)10-15/h3-6,12,15-16,20H,1-2,7-11H2/t15-,16+/m1/s1. The fourth-order valence-corrected chi connectivity index (χ4v) is 4.67. The Hall–Kier alpha value is -0.940. The van der Waals surface area contributed by atoms with Gasteiger partial charge >= 0.3 is 0 Å². The SMILES string of the molecule is Clc1ccc(-c2csc(CN[C@@H]3CCN4CCC[C@H]4C3)n2)cc1. The summed E-state index contributed by atoms with van der Waals surface area (Å²) in [5.74, 6) is 0. The molecule has 2 saturated heterocycles. The molecule has 23 heavy (non-hydrogen) atoms. The van der Waals surface area contributed by atoms with Crippen molar-refractivity contribution in [3.05, 3.63) is 39.7 Å². The van der Waals surface area contributed by atoms with Gasteiger partial charge < -0.3 is 10.2 Å². The third kappa shape index (κ3) is 3.61. The molecule has 3 nitrogen and oxygen atoms in total. The fourth-order valence-electron chi connectivity index (χ4n) is 3.79. The summed E-state index contributed by atoms with van der Waals surface area (Å²) in [7, 11) is 0. The first-order valence-corrected chi connectivity index (χ1v) is 9.71. The van der Waals surface area contributed by atoms with Crippen molar-refractivity contribution in [1.29, 1.82) is 0 Å². The summed E-state index contributed by atoms with van der Waals surface area (Å²) >= 11 is 7.69. The molecule has 2 atom stereocenters. The summed E-state index contributed by atoms with van der Waals surface area (Å²) in [4.78, 5) is 7.43. The minimum absolute atomic E-state index is 0.650. The Labute approximate surface area is 146 Å². The van der Waals surface area contributed by atoms with E-state index in [0.717, 1.165) is 28.9 Å². The molecule has 1 aromatic heterocycles. The molecule has 1 N–H and O–H groups in total. The maximum Gasteiger partial charge on any atom is 0.107 e. The van der Waals surface area contributed by atoms with Gasteiger partial charge in [0.15, 0.2) is 0 Å². The van der Waals surface area contributed by atoms with Gasteiger partial charge in [0.1, 0.15) is 5.01 Å². The van der Waals surface area contributed by atoms with E-state index in [0.29, 0.717) is 6.04 Å². The minimum Gasteiger partial charge on any atom is -0.308 e. The van der Waals surface area contributed by atoms with Crippen molar-refractivity contribution in [2.75, 3.05) is 13.1 Å². The van der Waals surface area contributed by atoms with E-state index < -0.39 is 0 Å². The van der Waals surface area contributed by atoms with Crippen LogP contribution in [0.3, 0.4) is 0 Å². The van der Waals surface area contributed by atoms with E-state index in [-0.39, 0.29) is 0 Å². The van der Waals surface area contributed by atoms with Gasteiger partial charge in [-0.1, -0.05) is 23.7 Å². The molecule has 0 radical (unpaired) electrons. The number of halogens is 1. The van der Waals surface area contributed by atoms with Crippen molar-refractivity contribution >= 4 is 22.9 Å². The highest BCUT2D eigenvalue weighted by Crippen LogP contribution is 2.27. The Morgan fingerprint density at radius 1 is 1.22 bits per heavy atom. The van der Waals surface area contributed by atoms with Crippen LogP contribution < -0.4 is 5.32 Å². The lowest BCUT2D eigenvalue weighted by Gasteiger charge is -2.35. The molecular weight excluding hydrogens is 326 g/mol. The maximum absolute atomic E-state index is 5.95. The van der Waals surface area contributed by atoms with Crippen LogP contribution >= 0.6 is 22.9 Å². The van der Waals surface area contributed by atoms with Gasteiger partial charge in [0.05, 0.1) is 5.69 Å². The Kier molecular flexibility index (Phi) is 4.67. The average Bonchev–Trinajstić information content (AvgIpc) is 3.22. The maximum atomic E-state index is 5.95. The van der Waals surface area contributed by atoms with Crippen LogP contribution in [0.4, 0.5) is 0 Å². The molecule has 4 rings (SSSR count). The Morgan fingerprint density at radius 2 is 2.09 bits per heavy atom. The van der Waals surface area contributed by atoms with Crippen LogP contribution in [0.1, 0.15) is 30.7 Å². The quantitative estimate of drug-likeness (QED) is 0.899. The summed E-state index contributed by atoms with van der Waals surface area (Å²) in [5, 5.41) is 7.80. The number of nitrogens with zero attached hydrogens (tertiary/aromatic N) is 2. The second-order valence-corrected chi connectivity index (χ2v) is 7.95. The first-order valence-electron chi connectivity index (χ1n) is 8.46. The van der Waals surface area contributed by atoms with Crippen LogP contribution in [0, 0.1) is 0 Å². The van der Waals surface area contributed by atoms with Crippen LogP contribution in [0.5, 0.6) is 0 Å². The second-order valence-electron chi connectivity index (χ2n) is 6.57. The lowest BCUT2D eigenvalue weighted by molar-refractivity contribution is 0.166. The van der Waals surface area contributed by atoms with Gasteiger partial charge in [0, 0.05) is 34.6 Å². The Bertz CT molecular complexity index is 655. The van der Waals surface area contributed by atoms with E-state index in [4.69, 9.17) is 16.6 Å². The second kappa shape index (κ2) is 6.89. The van der Waals surface area contributed by atoms with E-state index in [2.05, 4.69) is 15.6 Å². The Morgan fingerprint density at radius 3 is 2.96 bits per heavy atom. The molecule has 0 saturated carbocycles. The molecule has 2 aliphatic heterocycles. The molecule has 2 aromatic rings. The van der Waals surface area contributed by atoms with E-state index in [9.17, 15) is 0 Å². The number of hydrogen-bond donors (Lipinski definition) is 1. The van der Waals surface area contributed by atoms with E-state index in [1.807, 2.05) is 24.3 Å². The summed E-state index contributed by atoms with van der Waals surface area (Å²) < 4.78 is 0. The van der Waals surface area contributed by atoms with Crippen LogP contribution in [-0.2, 0) is 6.54 Å². The highest BCUT2D eigenvalue weighted by atomic mass is 35.5. The molecule has 1 aromatic carbocycles. The average molecular weight is 348 g/mol. The monoisotopic (exact) mass is 347 g/mol. The zero-order valence-electron chi connectivity index (χ0n) is 13.2. The summed E-state index contributed by atoms with van der Waals surface area (Å²) in [5.41, 5.74) is 2.19. The number of fused-ring (bicyclic) bond motifs is 1. The van der Waals surface area contributed by atoms with Crippen LogP contribution in [0.15, 0.2) is 29.6 Å². The van der Waals surface area contributed by atoms with Crippen molar-refractivity contribution in [1.82, 2.24) is 15.2 Å². The molecule has 0 bridgehead atoms. The predicted molar refractivity (Wildman–Crippen MR) is 97.0 cm³/mol. The number of thiazole rings is 1. The zero-order chi connectivity index (χ0) is 15.6. The van der Waals surface area contributed by atoms with Crippen molar-refractivity contribution in [3.63, 3.8) is 0 Å². The van der Waals surface area contributed by atoms with E-state index >= 15 is 0 Å². The molecule has 0 unspecified atom stereocenters. The number of aromatic nitrogens is 1. The molecular formula is C18H22ClN3S. The first-order chi connectivity index (χ1) is 11.3. The molecule has 0 amide bonds.